The number of nitrogens with two attached hydrogens (primary N) is 1. The highest BCUT2D eigenvalue weighted by Crippen LogP contribution is 2.34. The van der Waals surface area contributed by atoms with E-state index in [1.54, 1.807) is 12.1 Å². The molecule has 7 heteroatoms. The lowest BCUT2D eigenvalue weighted by Crippen LogP contribution is -2.31. The lowest BCUT2D eigenvalue weighted by atomic mass is 10.1. The van der Waals surface area contributed by atoms with Crippen LogP contribution in [0.5, 0.6) is 11.5 Å². The van der Waals surface area contributed by atoms with Crippen molar-refractivity contribution in [1.82, 2.24) is 9.55 Å². The van der Waals surface area contributed by atoms with Gasteiger partial charge in [0, 0.05) is 10.6 Å². The Morgan fingerprint density at radius 3 is 2.64 bits per heavy atom. The highest BCUT2D eigenvalue weighted by Gasteiger charge is 2.25. The third-order valence-electron chi connectivity index (χ3n) is 4.55. The topological polar surface area (TPSA) is 77.5 Å². The van der Waals surface area contributed by atoms with Crippen LogP contribution in [0.1, 0.15) is 11.7 Å². The molecule has 1 aliphatic rings. The summed E-state index contributed by atoms with van der Waals surface area (Å²) >= 11 is 5.94. The van der Waals surface area contributed by atoms with Gasteiger partial charge in [0.15, 0.2) is 12.1 Å². The van der Waals surface area contributed by atoms with E-state index in [2.05, 4.69) is 15.3 Å². The zero-order valence-electron chi connectivity index (χ0n) is 14.7. The Hall–Kier alpha value is -3.51. The fraction of sp³-hybridized carbons (Fsp3) is 0.0476. The van der Waals surface area contributed by atoms with E-state index >= 15 is 0 Å². The number of fused-ring (bicyclic) bond motifs is 3. The second-order valence-electron chi connectivity index (χ2n) is 6.44. The number of imidazole rings is 1. The number of aliphatic imine (C=N–C) groups is 1. The number of nitrogens with zero attached hydrogens (tertiary/aromatic N) is 3. The summed E-state index contributed by atoms with van der Waals surface area (Å²) in [6, 6.07) is 23.0. The molecule has 0 saturated heterocycles. The first-order chi connectivity index (χ1) is 13.7. The van der Waals surface area contributed by atoms with Gasteiger partial charge < -0.3 is 10.5 Å². The van der Waals surface area contributed by atoms with Crippen molar-refractivity contribution in [2.75, 3.05) is 5.32 Å². The molecule has 0 fully saturated rings. The van der Waals surface area contributed by atoms with Crippen LogP contribution < -0.4 is 15.8 Å². The molecule has 1 atom stereocenters. The van der Waals surface area contributed by atoms with Gasteiger partial charge in [-0.2, -0.15) is 0 Å². The van der Waals surface area contributed by atoms with Gasteiger partial charge in [0.25, 0.3) is 0 Å². The van der Waals surface area contributed by atoms with Gasteiger partial charge in [-0.15, -0.1) is 0 Å². The van der Waals surface area contributed by atoms with E-state index in [9.17, 15) is 0 Å². The van der Waals surface area contributed by atoms with Crippen LogP contribution in [0.4, 0.5) is 5.95 Å². The molecule has 1 aromatic heterocycles. The van der Waals surface area contributed by atoms with Crippen LogP contribution in [0.25, 0.3) is 11.0 Å². The number of hydrogen-bond acceptors (Lipinski definition) is 5. The molecule has 28 heavy (non-hydrogen) atoms. The second-order valence-corrected chi connectivity index (χ2v) is 6.87. The summed E-state index contributed by atoms with van der Waals surface area (Å²) in [4.78, 5) is 9.23. The normalized spacial score (nSPS) is 15.6. The van der Waals surface area contributed by atoms with Crippen LogP contribution in [-0.4, -0.2) is 15.5 Å². The SMILES string of the molecule is NC1=N[C@H](c2cccc(Oc3ccc(Cl)cc3)c2)n2c(nc3ccccc32)N1. The molecule has 0 bridgehead atoms. The van der Waals surface area contributed by atoms with Gasteiger partial charge in [-0.05, 0) is 48.5 Å². The average Bonchev–Trinajstić information content (AvgIpc) is 3.07. The van der Waals surface area contributed by atoms with Gasteiger partial charge in [-0.1, -0.05) is 35.9 Å². The van der Waals surface area contributed by atoms with Crippen LogP contribution in [0, 0.1) is 0 Å². The van der Waals surface area contributed by atoms with E-state index in [1.165, 1.54) is 0 Å². The molecule has 0 aliphatic carbocycles. The van der Waals surface area contributed by atoms with E-state index in [-0.39, 0.29) is 6.17 Å². The number of para-hydroxylation sites is 2. The van der Waals surface area contributed by atoms with Crippen molar-refractivity contribution in [2.45, 2.75) is 6.17 Å². The van der Waals surface area contributed by atoms with Gasteiger partial charge >= 0.3 is 0 Å². The number of rotatable bonds is 3. The third kappa shape index (κ3) is 2.93. The van der Waals surface area contributed by atoms with Gasteiger partial charge in [0.05, 0.1) is 11.0 Å². The number of nitrogens with one attached hydrogen (secondary N) is 1. The third-order valence-corrected chi connectivity index (χ3v) is 4.80. The van der Waals surface area contributed by atoms with Crippen LogP contribution in [0.3, 0.4) is 0 Å². The summed E-state index contributed by atoms with van der Waals surface area (Å²) in [6.07, 6.45) is -0.336. The van der Waals surface area contributed by atoms with Gasteiger partial charge in [0.2, 0.25) is 5.95 Å². The standard InChI is InChI=1S/C21H16ClN5O/c22-14-8-10-15(11-9-14)28-16-5-3-4-13(12-16)19-25-20(23)26-21-24-17-6-1-2-7-18(17)27(19)21/h1-12,19H,(H3,23,24,25,26)/t19-/m0/s1. The Kier molecular flexibility index (Phi) is 3.91. The maximum Gasteiger partial charge on any atom is 0.212 e. The number of guanidine groups is 1. The van der Waals surface area contributed by atoms with Crippen LogP contribution in [0.15, 0.2) is 77.8 Å². The fourth-order valence-electron chi connectivity index (χ4n) is 3.32. The lowest BCUT2D eigenvalue weighted by molar-refractivity contribution is 0.480. The van der Waals surface area contributed by atoms with Crippen molar-refractivity contribution in [1.29, 1.82) is 0 Å². The number of hydrogen-bond donors (Lipinski definition) is 2. The molecule has 3 aromatic carbocycles. The van der Waals surface area contributed by atoms with Crippen LogP contribution in [0.2, 0.25) is 5.02 Å². The highest BCUT2D eigenvalue weighted by atomic mass is 35.5. The summed E-state index contributed by atoms with van der Waals surface area (Å²) in [5.41, 5.74) is 8.83. The molecule has 4 aromatic rings. The van der Waals surface area contributed by atoms with Crippen LogP contribution in [-0.2, 0) is 0 Å². The van der Waals surface area contributed by atoms with Crippen molar-refractivity contribution < 1.29 is 4.74 Å². The summed E-state index contributed by atoms with van der Waals surface area (Å²) < 4.78 is 8.00. The second kappa shape index (κ2) is 6.58. The molecule has 5 rings (SSSR count). The molecule has 0 radical (unpaired) electrons. The van der Waals surface area contributed by atoms with E-state index in [4.69, 9.17) is 22.1 Å². The van der Waals surface area contributed by atoms with Gasteiger partial charge in [-0.3, -0.25) is 9.88 Å². The minimum Gasteiger partial charge on any atom is -0.457 e. The van der Waals surface area contributed by atoms with Crippen molar-refractivity contribution in [3.8, 4) is 11.5 Å². The molecule has 0 unspecified atom stereocenters. The monoisotopic (exact) mass is 389 g/mol. The molecular weight excluding hydrogens is 374 g/mol. The molecule has 138 valence electrons. The van der Waals surface area contributed by atoms with Crippen molar-refractivity contribution >= 4 is 34.5 Å². The molecular formula is C21H16ClN5O. The minimum absolute atomic E-state index is 0.330. The summed E-state index contributed by atoms with van der Waals surface area (Å²) in [7, 11) is 0. The molecule has 3 N–H and O–H groups in total. The van der Waals surface area contributed by atoms with Crippen molar-refractivity contribution in [2.24, 2.45) is 10.7 Å². The fourth-order valence-corrected chi connectivity index (χ4v) is 3.44. The smallest absolute Gasteiger partial charge is 0.212 e. The number of anilines is 1. The molecule has 6 nitrogen and oxygen atoms in total. The van der Waals surface area contributed by atoms with E-state index in [0.717, 1.165) is 16.6 Å². The summed E-state index contributed by atoms with van der Waals surface area (Å²) in [5, 5.41) is 3.71. The Bertz CT molecular complexity index is 1200. The average molecular weight is 390 g/mol. The molecule has 0 spiro atoms. The van der Waals surface area contributed by atoms with E-state index in [0.29, 0.717) is 28.4 Å². The maximum atomic E-state index is 6.02. The molecule has 0 amide bonds. The van der Waals surface area contributed by atoms with Crippen molar-refractivity contribution in [3.05, 3.63) is 83.4 Å². The predicted octanol–water partition coefficient (Wildman–Crippen LogP) is 4.77. The first-order valence-corrected chi connectivity index (χ1v) is 9.16. The zero-order valence-corrected chi connectivity index (χ0v) is 15.5. The summed E-state index contributed by atoms with van der Waals surface area (Å²) in [6.45, 7) is 0. The van der Waals surface area contributed by atoms with Gasteiger partial charge in [-0.25, -0.2) is 9.98 Å². The van der Waals surface area contributed by atoms with Crippen LogP contribution >= 0.6 is 11.6 Å². The highest BCUT2D eigenvalue weighted by molar-refractivity contribution is 6.30. The molecule has 2 heterocycles. The van der Waals surface area contributed by atoms with Crippen molar-refractivity contribution in [3.63, 3.8) is 0 Å². The first-order valence-electron chi connectivity index (χ1n) is 8.78. The number of aromatic nitrogens is 2. The first kappa shape index (κ1) is 16.6. The van der Waals surface area contributed by atoms with E-state index < -0.39 is 0 Å². The molecule has 0 saturated carbocycles. The Morgan fingerprint density at radius 1 is 0.964 bits per heavy atom. The predicted molar refractivity (Wildman–Crippen MR) is 111 cm³/mol. The van der Waals surface area contributed by atoms with E-state index in [1.807, 2.05) is 65.2 Å². The van der Waals surface area contributed by atoms with Gasteiger partial charge in [0.1, 0.15) is 11.5 Å². The number of ether oxygens (including phenoxy) is 1. The number of benzene rings is 3. The Balaban J connectivity index is 1.56. The maximum absolute atomic E-state index is 6.02. The quantitative estimate of drug-likeness (QED) is 0.529. The summed E-state index contributed by atoms with van der Waals surface area (Å²) in [5.74, 6) is 2.42. The largest absolute Gasteiger partial charge is 0.457 e. The molecule has 1 aliphatic heterocycles. The number of halogens is 1. The Morgan fingerprint density at radius 2 is 1.79 bits per heavy atom. The lowest BCUT2D eigenvalue weighted by Gasteiger charge is -2.24. The zero-order chi connectivity index (χ0) is 19.1. The minimum atomic E-state index is -0.336. The Labute approximate surface area is 166 Å².